The molecule has 2 aromatic rings. The van der Waals surface area contributed by atoms with Gasteiger partial charge < -0.3 is 15.2 Å². The number of aromatic nitrogens is 3. The molecule has 0 spiro atoms. The normalized spacial score (nSPS) is 11.3. The van der Waals surface area contributed by atoms with E-state index >= 15 is 0 Å². The standard InChI is InChI=1S/C16H23N5OS/c1-11-8-12(23-16(2,3)4)6-7-13(11)19-15(22)17-9-14-20-18-10-21(14)5/h6-8,10H,9H2,1-5H3,(H2,17,19,22). The molecule has 0 fully saturated rings. The van der Waals surface area contributed by atoms with Gasteiger partial charge in [-0.3, -0.25) is 0 Å². The second kappa shape index (κ2) is 7.04. The van der Waals surface area contributed by atoms with Crippen LogP contribution in [0.2, 0.25) is 0 Å². The summed E-state index contributed by atoms with van der Waals surface area (Å²) in [5.41, 5.74) is 1.84. The van der Waals surface area contributed by atoms with Crippen molar-refractivity contribution in [1.82, 2.24) is 20.1 Å². The summed E-state index contributed by atoms with van der Waals surface area (Å²) in [6, 6.07) is 5.80. The molecule has 2 rings (SSSR count). The van der Waals surface area contributed by atoms with Crippen LogP contribution in [0.3, 0.4) is 0 Å². The first-order chi connectivity index (χ1) is 10.7. The quantitative estimate of drug-likeness (QED) is 0.842. The fourth-order valence-electron chi connectivity index (χ4n) is 1.99. The van der Waals surface area contributed by atoms with Gasteiger partial charge in [-0.05, 0) is 30.7 Å². The molecule has 0 aliphatic carbocycles. The molecule has 23 heavy (non-hydrogen) atoms. The molecular formula is C16H23N5OS. The number of carbonyl (C=O) groups excluding carboxylic acids is 1. The van der Waals surface area contributed by atoms with Crippen LogP contribution in [0.25, 0.3) is 0 Å². The molecule has 6 nitrogen and oxygen atoms in total. The Kier molecular flexibility index (Phi) is 5.30. The summed E-state index contributed by atoms with van der Waals surface area (Å²) in [4.78, 5) is 13.2. The number of hydrogen-bond donors (Lipinski definition) is 2. The second-order valence-electron chi connectivity index (χ2n) is 6.36. The molecule has 1 aromatic carbocycles. The predicted octanol–water partition coefficient (Wildman–Crippen LogP) is 3.34. The lowest BCUT2D eigenvalue weighted by atomic mass is 10.2. The Balaban J connectivity index is 1.94. The monoisotopic (exact) mass is 333 g/mol. The first kappa shape index (κ1) is 17.3. The van der Waals surface area contributed by atoms with Crippen molar-refractivity contribution < 1.29 is 4.79 Å². The summed E-state index contributed by atoms with van der Waals surface area (Å²) in [7, 11) is 1.84. The van der Waals surface area contributed by atoms with Crippen LogP contribution in [-0.4, -0.2) is 25.5 Å². The van der Waals surface area contributed by atoms with E-state index in [4.69, 9.17) is 0 Å². The van der Waals surface area contributed by atoms with E-state index in [1.165, 1.54) is 4.90 Å². The van der Waals surface area contributed by atoms with Crippen molar-refractivity contribution in [1.29, 1.82) is 0 Å². The Morgan fingerprint density at radius 3 is 2.65 bits per heavy atom. The number of thioether (sulfide) groups is 1. The molecule has 0 saturated carbocycles. The molecule has 124 valence electrons. The molecule has 0 atom stereocenters. The van der Waals surface area contributed by atoms with Gasteiger partial charge in [-0.25, -0.2) is 4.79 Å². The largest absolute Gasteiger partial charge is 0.331 e. The highest BCUT2D eigenvalue weighted by Crippen LogP contribution is 2.33. The van der Waals surface area contributed by atoms with Gasteiger partial charge in [0.1, 0.15) is 6.33 Å². The van der Waals surface area contributed by atoms with Crippen LogP contribution in [0.4, 0.5) is 10.5 Å². The van der Waals surface area contributed by atoms with Crippen molar-refractivity contribution in [3.05, 3.63) is 35.9 Å². The topological polar surface area (TPSA) is 71.8 Å². The Hall–Kier alpha value is -2.02. The minimum absolute atomic E-state index is 0.162. The van der Waals surface area contributed by atoms with Gasteiger partial charge in [-0.15, -0.1) is 22.0 Å². The fourth-order valence-corrected chi connectivity index (χ4v) is 3.07. The zero-order valence-corrected chi connectivity index (χ0v) is 15.0. The number of aryl methyl sites for hydroxylation is 2. The van der Waals surface area contributed by atoms with Crippen molar-refractivity contribution in [2.45, 2.75) is 43.9 Å². The molecule has 7 heteroatoms. The van der Waals surface area contributed by atoms with E-state index in [0.717, 1.165) is 11.3 Å². The van der Waals surface area contributed by atoms with Crippen LogP contribution < -0.4 is 10.6 Å². The Bertz CT molecular complexity index is 690. The van der Waals surface area contributed by atoms with E-state index in [9.17, 15) is 4.79 Å². The van der Waals surface area contributed by atoms with Crippen molar-refractivity contribution in [3.8, 4) is 0 Å². The third kappa shape index (κ3) is 5.28. The summed E-state index contributed by atoms with van der Waals surface area (Å²) in [6.45, 7) is 8.86. The van der Waals surface area contributed by atoms with Gasteiger partial charge in [0, 0.05) is 22.4 Å². The molecule has 0 aliphatic rings. The summed E-state index contributed by atoms with van der Waals surface area (Å²) >= 11 is 1.81. The number of urea groups is 1. The lowest BCUT2D eigenvalue weighted by molar-refractivity contribution is 0.251. The minimum atomic E-state index is -0.257. The summed E-state index contributed by atoms with van der Waals surface area (Å²) in [6.07, 6.45) is 1.60. The first-order valence-electron chi connectivity index (χ1n) is 7.42. The third-order valence-electron chi connectivity index (χ3n) is 3.08. The minimum Gasteiger partial charge on any atom is -0.331 e. The van der Waals surface area contributed by atoms with E-state index in [-0.39, 0.29) is 10.8 Å². The van der Waals surface area contributed by atoms with E-state index in [0.29, 0.717) is 12.4 Å². The number of nitrogens with one attached hydrogen (secondary N) is 2. The third-order valence-corrected chi connectivity index (χ3v) is 4.18. The fraction of sp³-hybridized carbons (Fsp3) is 0.438. The highest BCUT2D eigenvalue weighted by Gasteiger charge is 2.13. The van der Waals surface area contributed by atoms with E-state index in [1.54, 1.807) is 22.7 Å². The number of rotatable bonds is 4. The highest BCUT2D eigenvalue weighted by molar-refractivity contribution is 8.00. The maximum Gasteiger partial charge on any atom is 0.319 e. The average molecular weight is 333 g/mol. The van der Waals surface area contributed by atoms with Crippen molar-refractivity contribution >= 4 is 23.5 Å². The summed E-state index contributed by atoms with van der Waals surface area (Å²) in [5, 5.41) is 13.3. The van der Waals surface area contributed by atoms with Crippen LogP contribution >= 0.6 is 11.8 Å². The second-order valence-corrected chi connectivity index (χ2v) is 8.26. The maximum atomic E-state index is 12.0. The van der Waals surface area contributed by atoms with Crippen LogP contribution in [0.5, 0.6) is 0 Å². The SMILES string of the molecule is Cc1cc(SC(C)(C)C)ccc1NC(=O)NCc1nncn1C. The summed E-state index contributed by atoms with van der Waals surface area (Å²) in [5.74, 6) is 0.703. The molecule has 1 heterocycles. The van der Waals surface area contributed by atoms with Gasteiger partial charge in [-0.1, -0.05) is 20.8 Å². The van der Waals surface area contributed by atoms with Crippen molar-refractivity contribution in [2.75, 3.05) is 5.32 Å². The molecule has 0 aliphatic heterocycles. The van der Waals surface area contributed by atoms with Gasteiger partial charge in [0.05, 0.1) is 6.54 Å². The lowest BCUT2D eigenvalue weighted by Gasteiger charge is -2.18. The van der Waals surface area contributed by atoms with Gasteiger partial charge >= 0.3 is 6.03 Å². The molecule has 0 saturated heterocycles. The lowest BCUT2D eigenvalue weighted by Crippen LogP contribution is -2.29. The van der Waals surface area contributed by atoms with E-state index in [2.05, 4.69) is 47.7 Å². The molecule has 2 amide bonds. The zero-order chi connectivity index (χ0) is 17.0. The van der Waals surface area contributed by atoms with Gasteiger partial charge in [0.15, 0.2) is 5.82 Å². The Morgan fingerprint density at radius 2 is 2.09 bits per heavy atom. The Morgan fingerprint density at radius 1 is 1.35 bits per heavy atom. The van der Waals surface area contributed by atoms with Crippen molar-refractivity contribution in [2.24, 2.45) is 7.05 Å². The number of hydrogen-bond acceptors (Lipinski definition) is 4. The first-order valence-corrected chi connectivity index (χ1v) is 8.23. The van der Waals surface area contributed by atoms with E-state index in [1.807, 2.05) is 26.1 Å². The number of benzene rings is 1. The number of amides is 2. The average Bonchev–Trinajstić information content (AvgIpc) is 2.83. The molecular weight excluding hydrogens is 310 g/mol. The molecule has 0 unspecified atom stereocenters. The van der Waals surface area contributed by atoms with Crippen LogP contribution in [0.15, 0.2) is 29.4 Å². The van der Waals surface area contributed by atoms with Gasteiger partial charge in [-0.2, -0.15) is 0 Å². The Labute approximate surface area is 141 Å². The molecule has 2 N–H and O–H groups in total. The molecule has 0 bridgehead atoms. The predicted molar refractivity (Wildman–Crippen MR) is 93.7 cm³/mol. The summed E-state index contributed by atoms with van der Waals surface area (Å²) < 4.78 is 1.93. The molecule has 0 radical (unpaired) electrons. The van der Waals surface area contributed by atoms with E-state index < -0.39 is 0 Å². The van der Waals surface area contributed by atoms with Crippen molar-refractivity contribution in [3.63, 3.8) is 0 Å². The number of carbonyl (C=O) groups is 1. The van der Waals surface area contributed by atoms with Gasteiger partial charge in [0.25, 0.3) is 0 Å². The maximum absolute atomic E-state index is 12.0. The van der Waals surface area contributed by atoms with Crippen LogP contribution in [0.1, 0.15) is 32.2 Å². The number of nitrogens with zero attached hydrogens (tertiary/aromatic N) is 3. The van der Waals surface area contributed by atoms with Crippen LogP contribution in [-0.2, 0) is 13.6 Å². The number of anilines is 1. The van der Waals surface area contributed by atoms with Gasteiger partial charge in [0.2, 0.25) is 0 Å². The highest BCUT2D eigenvalue weighted by atomic mass is 32.2. The smallest absolute Gasteiger partial charge is 0.319 e. The zero-order valence-electron chi connectivity index (χ0n) is 14.2. The van der Waals surface area contributed by atoms with Crippen LogP contribution in [0, 0.1) is 6.92 Å². The molecule has 1 aromatic heterocycles.